The highest BCUT2D eigenvalue weighted by Crippen LogP contribution is 2.37. The minimum Gasteiger partial charge on any atom is -0.459 e. The minimum atomic E-state index is -0.728. The van der Waals surface area contributed by atoms with E-state index in [4.69, 9.17) is 27.9 Å². The number of carbonyl (C=O) groups excluding carboxylic acids is 2. The van der Waals surface area contributed by atoms with Crippen LogP contribution in [0.2, 0.25) is 10.0 Å². The van der Waals surface area contributed by atoms with Gasteiger partial charge in [-0.15, -0.1) is 0 Å². The predicted molar refractivity (Wildman–Crippen MR) is 94.0 cm³/mol. The van der Waals surface area contributed by atoms with E-state index in [0.29, 0.717) is 26.9 Å². The Bertz CT molecular complexity index is 699. The summed E-state index contributed by atoms with van der Waals surface area (Å²) in [7, 11) is 0. The van der Waals surface area contributed by atoms with Gasteiger partial charge in [-0.05, 0) is 31.4 Å². The number of carbonyl (C=O) groups is 2. The van der Waals surface area contributed by atoms with Gasteiger partial charge in [0.2, 0.25) is 0 Å². The van der Waals surface area contributed by atoms with Gasteiger partial charge in [0.05, 0.1) is 27.8 Å². The van der Waals surface area contributed by atoms with Gasteiger partial charge in [-0.25, -0.2) is 9.59 Å². The van der Waals surface area contributed by atoms with Gasteiger partial charge in [-0.1, -0.05) is 49.2 Å². The number of esters is 1. The molecule has 1 atom stereocenters. The maximum atomic E-state index is 12.7. The maximum Gasteiger partial charge on any atom is 0.338 e. The van der Waals surface area contributed by atoms with Crippen molar-refractivity contribution in [1.82, 2.24) is 10.6 Å². The first-order chi connectivity index (χ1) is 11.2. The largest absolute Gasteiger partial charge is 0.459 e. The minimum absolute atomic E-state index is 0.0776. The Morgan fingerprint density at radius 2 is 1.88 bits per heavy atom. The highest BCUT2D eigenvalue weighted by atomic mass is 35.5. The van der Waals surface area contributed by atoms with Crippen LogP contribution in [-0.4, -0.2) is 18.1 Å². The Hall–Kier alpha value is -1.72. The highest BCUT2D eigenvalue weighted by Gasteiger charge is 2.36. The van der Waals surface area contributed by atoms with E-state index in [2.05, 4.69) is 10.6 Å². The van der Waals surface area contributed by atoms with Crippen LogP contribution < -0.4 is 10.6 Å². The van der Waals surface area contributed by atoms with Crippen LogP contribution in [0.4, 0.5) is 4.79 Å². The second-order valence-corrected chi connectivity index (χ2v) is 6.90. The molecule has 0 saturated heterocycles. The summed E-state index contributed by atoms with van der Waals surface area (Å²) >= 11 is 12.4. The molecule has 24 heavy (non-hydrogen) atoms. The van der Waals surface area contributed by atoms with Crippen molar-refractivity contribution in [2.45, 2.75) is 39.8 Å². The number of ether oxygens (including phenoxy) is 1. The Labute approximate surface area is 151 Å². The van der Waals surface area contributed by atoms with Crippen molar-refractivity contribution >= 4 is 35.2 Å². The van der Waals surface area contributed by atoms with Gasteiger partial charge < -0.3 is 15.4 Å². The fourth-order valence-corrected chi connectivity index (χ4v) is 2.94. The van der Waals surface area contributed by atoms with Crippen LogP contribution in [0.5, 0.6) is 0 Å². The van der Waals surface area contributed by atoms with Gasteiger partial charge in [0, 0.05) is 5.70 Å². The molecule has 1 aromatic carbocycles. The van der Waals surface area contributed by atoms with E-state index in [1.807, 2.05) is 13.8 Å². The molecular formula is C17H20Cl2N2O3. The molecule has 0 fully saturated rings. The third-order valence-electron chi connectivity index (χ3n) is 3.53. The molecule has 2 N–H and O–H groups in total. The summed E-state index contributed by atoms with van der Waals surface area (Å²) in [6, 6.07) is 3.97. The number of allylic oxidation sites excluding steroid dienone is 1. The summed E-state index contributed by atoms with van der Waals surface area (Å²) in [5, 5.41) is 6.09. The molecule has 0 spiro atoms. The lowest BCUT2D eigenvalue weighted by atomic mass is 9.91. The van der Waals surface area contributed by atoms with E-state index >= 15 is 0 Å². The monoisotopic (exact) mass is 370 g/mol. The van der Waals surface area contributed by atoms with Crippen LogP contribution >= 0.6 is 23.2 Å². The zero-order valence-electron chi connectivity index (χ0n) is 13.9. The normalized spacial score (nSPS) is 17.8. The summed E-state index contributed by atoms with van der Waals surface area (Å²) in [5.41, 5.74) is 1.40. The fourth-order valence-electron chi connectivity index (χ4n) is 2.52. The second-order valence-electron chi connectivity index (χ2n) is 6.11. The standard InChI is InChI=1S/C17H20Cl2N2O3/c1-8(2)14-12(16(22)24-9(3)4)15(21-17(23)20-14)10-6-5-7-11(18)13(10)19/h5-9,15H,1-4H3,(H2,20,21,23). The van der Waals surface area contributed by atoms with Crippen molar-refractivity contribution in [3.63, 3.8) is 0 Å². The SMILES string of the molecule is CC(C)OC(=O)C1=C(C(C)C)NC(=O)NC1c1cccc(Cl)c1Cl. The zero-order chi connectivity index (χ0) is 18.0. The molecule has 1 aliphatic rings. The van der Waals surface area contributed by atoms with E-state index in [0.717, 1.165) is 0 Å². The molecule has 0 saturated carbocycles. The van der Waals surface area contributed by atoms with E-state index in [-0.39, 0.29) is 12.0 Å². The fraction of sp³-hybridized carbons (Fsp3) is 0.412. The topological polar surface area (TPSA) is 67.4 Å². The number of rotatable bonds is 4. The van der Waals surface area contributed by atoms with E-state index in [9.17, 15) is 9.59 Å². The zero-order valence-corrected chi connectivity index (χ0v) is 15.5. The number of hydrogen-bond acceptors (Lipinski definition) is 3. The summed E-state index contributed by atoms with van der Waals surface area (Å²) in [6.45, 7) is 7.31. The molecule has 7 heteroatoms. The lowest BCUT2D eigenvalue weighted by Gasteiger charge is -2.31. The molecule has 2 rings (SSSR count). The smallest absolute Gasteiger partial charge is 0.338 e. The molecule has 1 unspecified atom stereocenters. The van der Waals surface area contributed by atoms with Gasteiger partial charge in [0.25, 0.3) is 0 Å². The average Bonchev–Trinajstić information content (AvgIpc) is 2.48. The number of amides is 2. The van der Waals surface area contributed by atoms with Gasteiger partial charge in [-0.2, -0.15) is 0 Å². The van der Waals surface area contributed by atoms with Gasteiger partial charge in [0.1, 0.15) is 0 Å². The number of halogens is 2. The Morgan fingerprint density at radius 3 is 2.46 bits per heavy atom. The van der Waals surface area contributed by atoms with Crippen molar-refractivity contribution in [2.24, 2.45) is 5.92 Å². The van der Waals surface area contributed by atoms with Crippen molar-refractivity contribution in [3.8, 4) is 0 Å². The first kappa shape index (κ1) is 18.6. The maximum absolute atomic E-state index is 12.7. The van der Waals surface area contributed by atoms with Gasteiger partial charge in [-0.3, -0.25) is 0 Å². The molecular weight excluding hydrogens is 351 g/mol. The van der Waals surface area contributed by atoms with E-state index in [1.54, 1.807) is 32.0 Å². The summed E-state index contributed by atoms with van der Waals surface area (Å²) in [6.07, 6.45) is -0.286. The molecule has 1 aliphatic heterocycles. The average molecular weight is 371 g/mol. The van der Waals surface area contributed by atoms with Crippen LogP contribution in [0, 0.1) is 5.92 Å². The molecule has 0 radical (unpaired) electrons. The number of benzene rings is 1. The summed E-state index contributed by atoms with van der Waals surface area (Å²) in [5.74, 6) is -0.575. The third-order valence-corrected chi connectivity index (χ3v) is 4.37. The molecule has 5 nitrogen and oxygen atoms in total. The van der Waals surface area contributed by atoms with Crippen LogP contribution in [-0.2, 0) is 9.53 Å². The van der Waals surface area contributed by atoms with E-state index < -0.39 is 18.0 Å². The molecule has 0 aromatic heterocycles. The number of nitrogens with one attached hydrogen (secondary N) is 2. The van der Waals surface area contributed by atoms with Crippen molar-refractivity contribution in [3.05, 3.63) is 45.1 Å². The van der Waals surface area contributed by atoms with Crippen LogP contribution in [0.3, 0.4) is 0 Å². The predicted octanol–water partition coefficient (Wildman–Crippen LogP) is 4.21. The van der Waals surface area contributed by atoms with Crippen LogP contribution in [0.15, 0.2) is 29.5 Å². The van der Waals surface area contributed by atoms with Crippen molar-refractivity contribution in [1.29, 1.82) is 0 Å². The van der Waals surface area contributed by atoms with Gasteiger partial charge in [0.15, 0.2) is 0 Å². The summed E-state index contributed by atoms with van der Waals surface area (Å²) < 4.78 is 5.36. The van der Waals surface area contributed by atoms with Crippen molar-refractivity contribution in [2.75, 3.05) is 0 Å². The molecule has 1 heterocycles. The van der Waals surface area contributed by atoms with Crippen LogP contribution in [0.25, 0.3) is 0 Å². The summed E-state index contributed by atoms with van der Waals surface area (Å²) in [4.78, 5) is 24.7. The Kier molecular flexibility index (Phi) is 5.78. The molecule has 0 bridgehead atoms. The quantitative estimate of drug-likeness (QED) is 0.780. The van der Waals surface area contributed by atoms with Gasteiger partial charge >= 0.3 is 12.0 Å². The number of urea groups is 1. The lowest BCUT2D eigenvalue weighted by Crippen LogP contribution is -2.47. The molecule has 0 aliphatic carbocycles. The Balaban J connectivity index is 2.61. The Morgan fingerprint density at radius 1 is 1.21 bits per heavy atom. The van der Waals surface area contributed by atoms with Crippen LogP contribution in [0.1, 0.15) is 39.3 Å². The molecule has 1 aromatic rings. The molecule has 2 amide bonds. The second kappa shape index (κ2) is 7.45. The third kappa shape index (κ3) is 3.84. The first-order valence-corrected chi connectivity index (χ1v) is 8.44. The van der Waals surface area contributed by atoms with E-state index in [1.165, 1.54) is 0 Å². The first-order valence-electron chi connectivity index (χ1n) is 7.68. The lowest BCUT2D eigenvalue weighted by molar-refractivity contribution is -0.143. The number of hydrogen-bond donors (Lipinski definition) is 2. The molecule has 130 valence electrons. The van der Waals surface area contributed by atoms with Crippen molar-refractivity contribution < 1.29 is 14.3 Å². The highest BCUT2D eigenvalue weighted by molar-refractivity contribution is 6.42.